The highest BCUT2D eigenvalue weighted by Gasteiger charge is 2.28. The number of aromatic amines is 1. The highest BCUT2D eigenvalue weighted by atomic mass is 16.5. The number of pyridine rings is 1. The van der Waals surface area contributed by atoms with Gasteiger partial charge in [-0.25, -0.2) is 9.97 Å². The first kappa shape index (κ1) is 24.0. The molecule has 194 valence electrons. The highest BCUT2D eigenvalue weighted by molar-refractivity contribution is 5.59. The zero-order valence-electron chi connectivity index (χ0n) is 21.5. The second-order valence-corrected chi connectivity index (χ2v) is 9.79. The van der Waals surface area contributed by atoms with Crippen LogP contribution in [0, 0.1) is 0 Å². The lowest BCUT2D eigenvalue weighted by Crippen LogP contribution is -2.39. The summed E-state index contributed by atoms with van der Waals surface area (Å²) >= 11 is 0. The number of rotatable bonds is 6. The lowest BCUT2D eigenvalue weighted by Gasteiger charge is -2.36. The zero-order valence-corrected chi connectivity index (χ0v) is 21.5. The lowest BCUT2D eigenvalue weighted by atomic mass is 9.95. The number of hydrogen-bond donors (Lipinski definition) is 2. The fourth-order valence-electron chi connectivity index (χ4n) is 4.94. The lowest BCUT2D eigenvalue weighted by molar-refractivity contribution is 0.0384. The Balaban J connectivity index is 1.17. The molecule has 6 rings (SSSR count). The Morgan fingerprint density at radius 2 is 1.97 bits per heavy atom. The predicted molar refractivity (Wildman–Crippen MR) is 147 cm³/mol. The van der Waals surface area contributed by atoms with Gasteiger partial charge in [-0.15, -0.1) is 0 Å². The van der Waals surface area contributed by atoms with E-state index in [1.165, 1.54) is 0 Å². The van der Waals surface area contributed by atoms with Gasteiger partial charge in [0, 0.05) is 92.9 Å². The Morgan fingerprint density at radius 3 is 2.79 bits per heavy atom. The monoisotopic (exact) mass is 510 g/mol. The van der Waals surface area contributed by atoms with Crippen LogP contribution in [-0.4, -0.2) is 48.7 Å². The molecule has 9 nitrogen and oxygen atoms in total. The van der Waals surface area contributed by atoms with E-state index in [0.29, 0.717) is 25.6 Å². The maximum absolute atomic E-state index is 11.8. The number of hydrogen-bond acceptors (Lipinski definition) is 8. The molecule has 38 heavy (non-hydrogen) atoms. The minimum Gasteiger partial charge on any atom is -0.456 e. The number of benzene rings is 2. The van der Waals surface area contributed by atoms with Crippen LogP contribution in [0.25, 0.3) is 0 Å². The largest absolute Gasteiger partial charge is 0.456 e. The quantitative estimate of drug-likeness (QED) is 0.352. The summed E-state index contributed by atoms with van der Waals surface area (Å²) in [6.45, 7) is 2.60. The molecule has 1 atom stereocenters. The molecule has 9 heteroatoms. The average Bonchev–Trinajstić information content (AvgIpc) is 2.95. The van der Waals surface area contributed by atoms with E-state index in [9.17, 15) is 4.79 Å². The van der Waals surface area contributed by atoms with Crippen LogP contribution in [0.1, 0.15) is 28.4 Å². The molecule has 4 aromatic rings. The maximum atomic E-state index is 11.8. The van der Waals surface area contributed by atoms with E-state index in [-0.39, 0.29) is 11.7 Å². The molecule has 0 spiro atoms. The summed E-state index contributed by atoms with van der Waals surface area (Å²) in [5.74, 6) is 2.42. The van der Waals surface area contributed by atoms with Crippen LogP contribution < -0.4 is 25.4 Å². The van der Waals surface area contributed by atoms with Crippen molar-refractivity contribution < 1.29 is 9.47 Å². The molecule has 0 aliphatic carbocycles. The van der Waals surface area contributed by atoms with Gasteiger partial charge in [0.05, 0.1) is 6.61 Å². The first-order chi connectivity index (χ1) is 18.5. The topological polar surface area (TPSA) is 95.6 Å². The van der Waals surface area contributed by atoms with E-state index in [1.807, 2.05) is 49.6 Å². The van der Waals surface area contributed by atoms with Crippen molar-refractivity contribution in [3.63, 3.8) is 0 Å². The fraction of sp³-hybridized carbons (Fsp3) is 0.276. The van der Waals surface area contributed by atoms with Crippen molar-refractivity contribution in [2.24, 2.45) is 0 Å². The number of nitrogens with zero attached hydrogens (tertiary/aromatic N) is 4. The Labute approximate surface area is 221 Å². The van der Waals surface area contributed by atoms with Crippen molar-refractivity contribution >= 4 is 17.3 Å². The molecule has 1 saturated heterocycles. The summed E-state index contributed by atoms with van der Waals surface area (Å²) in [6, 6.07) is 16.0. The number of fused-ring (bicyclic) bond motifs is 2. The van der Waals surface area contributed by atoms with Gasteiger partial charge in [0.1, 0.15) is 17.6 Å². The second kappa shape index (κ2) is 10.2. The Hall–Kier alpha value is -4.37. The van der Waals surface area contributed by atoms with Crippen LogP contribution >= 0.6 is 0 Å². The summed E-state index contributed by atoms with van der Waals surface area (Å²) in [5.41, 5.74) is 6.13. The summed E-state index contributed by atoms with van der Waals surface area (Å²) in [5, 5.41) is 3.47. The van der Waals surface area contributed by atoms with Crippen LogP contribution in [-0.2, 0) is 17.7 Å². The second-order valence-electron chi connectivity index (χ2n) is 9.79. The summed E-state index contributed by atoms with van der Waals surface area (Å²) in [4.78, 5) is 27.3. The van der Waals surface area contributed by atoms with Gasteiger partial charge in [-0.1, -0.05) is 18.2 Å². The van der Waals surface area contributed by atoms with Gasteiger partial charge in [0.25, 0.3) is 0 Å². The molecular weight excluding hydrogens is 480 g/mol. The zero-order chi connectivity index (χ0) is 26.1. The van der Waals surface area contributed by atoms with Crippen molar-refractivity contribution in [1.82, 2.24) is 15.0 Å². The highest BCUT2D eigenvalue weighted by Crippen LogP contribution is 2.43. The molecule has 2 aromatic heterocycles. The third kappa shape index (κ3) is 4.92. The van der Waals surface area contributed by atoms with Gasteiger partial charge in [-0.05, 0) is 29.8 Å². The van der Waals surface area contributed by atoms with Crippen LogP contribution in [0.2, 0.25) is 0 Å². The summed E-state index contributed by atoms with van der Waals surface area (Å²) in [6.07, 6.45) is 6.00. The van der Waals surface area contributed by atoms with E-state index >= 15 is 0 Å². The van der Waals surface area contributed by atoms with E-state index in [2.05, 4.69) is 49.4 Å². The Kier molecular flexibility index (Phi) is 6.43. The van der Waals surface area contributed by atoms with E-state index in [0.717, 1.165) is 58.1 Å². The molecule has 0 amide bonds. The van der Waals surface area contributed by atoms with Gasteiger partial charge < -0.3 is 29.6 Å². The minimum absolute atomic E-state index is 0.105. The first-order valence-corrected chi connectivity index (χ1v) is 12.7. The standard InChI is InChI=1S/C29H30N6O3/c1-34(2)29-32-16-19(17-33-29)15-31-22-6-7-25-21(13-22)12-20-4-3-5-24(28(20)38-25)26-18-35(10-11-37-26)23-8-9-30-27(36)14-23/h3-9,13-14,16-17,26,31H,10-12,15,18H2,1-2H3,(H,30,36). The van der Waals surface area contributed by atoms with Crippen molar-refractivity contribution in [1.29, 1.82) is 0 Å². The molecule has 1 fully saturated rings. The van der Waals surface area contributed by atoms with Crippen LogP contribution in [0.15, 0.2) is 71.9 Å². The van der Waals surface area contributed by atoms with Gasteiger partial charge in [0.15, 0.2) is 0 Å². The number of H-pyrrole nitrogens is 1. The van der Waals surface area contributed by atoms with E-state index in [4.69, 9.17) is 9.47 Å². The van der Waals surface area contributed by atoms with Crippen molar-refractivity contribution in [2.75, 3.05) is 48.9 Å². The smallest absolute Gasteiger partial charge is 0.249 e. The maximum Gasteiger partial charge on any atom is 0.249 e. The molecule has 0 radical (unpaired) electrons. The molecule has 2 aliphatic heterocycles. The number of ether oxygens (including phenoxy) is 2. The van der Waals surface area contributed by atoms with Crippen LogP contribution in [0.4, 0.5) is 17.3 Å². The predicted octanol–water partition coefficient (Wildman–Crippen LogP) is 4.12. The Bertz CT molecular complexity index is 1500. The number of anilines is 3. The molecule has 0 bridgehead atoms. The van der Waals surface area contributed by atoms with Gasteiger partial charge in [0.2, 0.25) is 11.5 Å². The molecule has 2 aromatic carbocycles. The number of para-hydroxylation sites is 1. The van der Waals surface area contributed by atoms with Crippen molar-refractivity contribution in [3.05, 3.63) is 99.7 Å². The summed E-state index contributed by atoms with van der Waals surface area (Å²) in [7, 11) is 3.85. The SMILES string of the molecule is CN(C)c1ncc(CNc2ccc3c(c2)Cc2cccc(C4CN(c5cc[nH]c(=O)c5)CCO4)c2O3)cn1. The fourth-order valence-corrected chi connectivity index (χ4v) is 4.94. The number of morpholine rings is 1. The third-order valence-corrected chi connectivity index (χ3v) is 6.91. The number of nitrogens with one attached hydrogen (secondary N) is 2. The molecule has 0 saturated carbocycles. The van der Waals surface area contributed by atoms with Crippen molar-refractivity contribution in [2.45, 2.75) is 19.1 Å². The summed E-state index contributed by atoms with van der Waals surface area (Å²) < 4.78 is 12.7. The average molecular weight is 511 g/mol. The van der Waals surface area contributed by atoms with Gasteiger partial charge in [-0.3, -0.25) is 4.79 Å². The molecular formula is C29H30N6O3. The van der Waals surface area contributed by atoms with Crippen LogP contribution in [0.5, 0.6) is 11.5 Å². The molecule has 4 heterocycles. The molecule has 2 aliphatic rings. The molecule has 1 unspecified atom stereocenters. The minimum atomic E-state index is -0.151. The number of aromatic nitrogens is 3. The Morgan fingerprint density at radius 1 is 1.11 bits per heavy atom. The normalized spacial score (nSPS) is 16.3. The van der Waals surface area contributed by atoms with E-state index in [1.54, 1.807) is 12.3 Å². The third-order valence-electron chi connectivity index (χ3n) is 6.91. The van der Waals surface area contributed by atoms with Crippen molar-refractivity contribution in [3.8, 4) is 11.5 Å². The van der Waals surface area contributed by atoms with Gasteiger partial charge in [-0.2, -0.15) is 0 Å². The van der Waals surface area contributed by atoms with E-state index < -0.39 is 0 Å². The first-order valence-electron chi connectivity index (χ1n) is 12.7. The molecule has 2 N–H and O–H groups in total. The van der Waals surface area contributed by atoms with Crippen LogP contribution in [0.3, 0.4) is 0 Å². The van der Waals surface area contributed by atoms with Gasteiger partial charge >= 0.3 is 0 Å².